The summed E-state index contributed by atoms with van der Waals surface area (Å²) in [5.74, 6) is -1.13. The van der Waals surface area contributed by atoms with E-state index < -0.39 is 16.9 Å². The number of anilines is 1. The van der Waals surface area contributed by atoms with Gasteiger partial charge in [-0.2, -0.15) is 0 Å². The highest BCUT2D eigenvalue weighted by Gasteiger charge is 2.17. The van der Waals surface area contributed by atoms with Gasteiger partial charge in [-0.25, -0.2) is 9.59 Å². The van der Waals surface area contributed by atoms with Crippen molar-refractivity contribution in [2.75, 3.05) is 19.5 Å². The number of nitrogens with zero attached hydrogens (tertiary/aromatic N) is 1. The molecule has 0 aliphatic heterocycles. The number of esters is 2. The number of benzene rings is 2. The van der Waals surface area contributed by atoms with E-state index in [1.807, 2.05) is 0 Å². The quantitative estimate of drug-likeness (QED) is 0.309. The predicted molar refractivity (Wildman–Crippen MR) is 105 cm³/mol. The fourth-order valence-electron chi connectivity index (χ4n) is 2.22. The minimum absolute atomic E-state index is 0.125. The number of non-ortho nitro benzene ring substituents is 1. The molecule has 10 heteroatoms. The molecule has 0 fully saturated rings. The highest BCUT2D eigenvalue weighted by atomic mass is 35.5. The predicted octanol–water partition coefficient (Wildman–Crippen LogP) is 3.99. The van der Waals surface area contributed by atoms with Crippen LogP contribution in [0.4, 0.5) is 11.4 Å². The molecular weight excluding hydrogens is 404 g/mol. The van der Waals surface area contributed by atoms with Crippen molar-refractivity contribution in [3.05, 3.63) is 68.9 Å². The molecule has 0 heterocycles. The molecule has 2 aromatic carbocycles. The van der Waals surface area contributed by atoms with Gasteiger partial charge in [-0.05, 0) is 30.7 Å². The Labute approximate surface area is 171 Å². The SMILES string of the molecule is COC(=O)/C=C(/Nc1cc(Oc2ccc(Cl)c(C)c2)cc([N+](=O)[O-])c1)C(=O)OC. The average Bonchev–Trinajstić information content (AvgIpc) is 2.69. The summed E-state index contributed by atoms with van der Waals surface area (Å²) in [6.45, 7) is 1.79. The number of carbonyl (C=O) groups is 2. The third-order valence-electron chi connectivity index (χ3n) is 3.61. The number of nitrogens with one attached hydrogen (secondary N) is 1. The second-order valence-corrected chi connectivity index (χ2v) is 6.09. The molecule has 0 aliphatic carbocycles. The highest BCUT2D eigenvalue weighted by Crippen LogP contribution is 2.31. The first kappa shape index (κ1) is 21.7. The fraction of sp³-hybridized carbons (Fsp3) is 0.158. The van der Waals surface area contributed by atoms with Crippen molar-refractivity contribution >= 4 is 34.9 Å². The van der Waals surface area contributed by atoms with E-state index in [1.54, 1.807) is 25.1 Å². The number of hydrogen-bond acceptors (Lipinski definition) is 8. The molecule has 0 atom stereocenters. The van der Waals surface area contributed by atoms with Crippen LogP contribution >= 0.6 is 11.6 Å². The monoisotopic (exact) mass is 420 g/mol. The molecule has 0 unspecified atom stereocenters. The Balaban J connectivity index is 2.41. The molecule has 0 saturated carbocycles. The summed E-state index contributed by atoms with van der Waals surface area (Å²) in [6, 6.07) is 8.73. The maximum absolute atomic E-state index is 11.9. The van der Waals surface area contributed by atoms with Gasteiger partial charge in [-0.3, -0.25) is 10.1 Å². The zero-order chi connectivity index (χ0) is 21.6. The Morgan fingerprint density at radius 3 is 2.41 bits per heavy atom. The number of rotatable bonds is 7. The number of hydrogen-bond donors (Lipinski definition) is 1. The molecule has 0 saturated heterocycles. The molecule has 0 spiro atoms. The maximum Gasteiger partial charge on any atom is 0.354 e. The molecular formula is C19H17ClN2O7. The largest absolute Gasteiger partial charge is 0.466 e. The van der Waals surface area contributed by atoms with Crippen LogP contribution in [-0.4, -0.2) is 31.1 Å². The Morgan fingerprint density at radius 1 is 1.10 bits per heavy atom. The van der Waals surface area contributed by atoms with Gasteiger partial charge in [0.05, 0.1) is 31.3 Å². The van der Waals surface area contributed by atoms with Crippen LogP contribution in [0.2, 0.25) is 5.02 Å². The molecule has 9 nitrogen and oxygen atoms in total. The van der Waals surface area contributed by atoms with Crippen molar-refractivity contribution in [2.45, 2.75) is 6.92 Å². The van der Waals surface area contributed by atoms with Gasteiger partial charge in [0.15, 0.2) is 0 Å². The van der Waals surface area contributed by atoms with Crippen molar-refractivity contribution in [3.8, 4) is 11.5 Å². The number of nitro benzene ring substituents is 1. The Hall–Kier alpha value is -3.59. The summed E-state index contributed by atoms with van der Waals surface area (Å²) in [7, 11) is 2.27. The Morgan fingerprint density at radius 2 is 1.83 bits per heavy atom. The Bertz CT molecular complexity index is 989. The van der Waals surface area contributed by atoms with E-state index in [0.717, 1.165) is 25.9 Å². The number of nitro groups is 1. The van der Waals surface area contributed by atoms with Crippen LogP contribution in [-0.2, 0) is 19.1 Å². The number of methoxy groups -OCH3 is 2. The summed E-state index contributed by atoms with van der Waals surface area (Å²) in [5, 5.41) is 14.4. The number of aryl methyl sites for hydroxylation is 1. The zero-order valence-electron chi connectivity index (χ0n) is 15.7. The smallest absolute Gasteiger partial charge is 0.354 e. The van der Waals surface area contributed by atoms with E-state index in [-0.39, 0.29) is 22.8 Å². The van der Waals surface area contributed by atoms with Crippen LogP contribution < -0.4 is 10.1 Å². The lowest BCUT2D eigenvalue weighted by atomic mass is 10.2. The van der Waals surface area contributed by atoms with Gasteiger partial charge in [0, 0.05) is 22.8 Å². The molecule has 2 rings (SSSR count). The minimum atomic E-state index is -0.863. The number of halogens is 1. The summed E-state index contributed by atoms with van der Waals surface area (Å²) in [4.78, 5) is 34.0. The highest BCUT2D eigenvalue weighted by molar-refractivity contribution is 6.31. The first-order chi connectivity index (χ1) is 13.7. The van der Waals surface area contributed by atoms with Gasteiger partial charge in [0.1, 0.15) is 17.2 Å². The van der Waals surface area contributed by atoms with E-state index in [9.17, 15) is 19.7 Å². The summed E-state index contributed by atoms with van der Waals surface area (Å²) < 4.78 is 14.8. The molecule has 0 amide bonds. The van der Waals surface area contributed by atoms with Gasteiger partial charge < -0.3 is 19.5 Å². The van der Waals surface area contributed by atoms with Crippen LogP contribution in [0.1, 0.15) is 5.56 Å². The van der Waals surface area contributed by atoms with Gasteiger partial charge >= 0.3 is 11.9 Å². The van der Waals surface area contributed by atoms with Crippen molar-refractivity contribution in [1.29, 1.82) is 0 Å². The van der Waals surface area contributed by atoms with Crippen molar-refractivity contribution in [1.82, 2.24) is 0 Å². The lowest BCUT2D eigenvalue weighted by molar-refractivity contribution is -0.384. The minimum Gasteiger partial charge on any atom is -0.466 e. The lowest BCUT2D eigenvalue weighted by Crippen LogP contribution is -2.15. The molecule has 0 radical (unpaired) electrons. The van der Waals surface area contributed by atoms with E-state index in [1.165, 1.54) is 18.2 Å². The molecule has 1 N–H and O–H groups in total. The van der Waals surface area contributed by atoms with E-state index in [2.05, 4.69) is 14.8 Å². The summed E-state index contributed by atoms with van der Waals surface area (Å²) >= 11 is 5.99. The molecule has 0 aromatic heterocycles. The zero-order valence-corrected chi connectivity index (χ0v) is 16.5. The van der Waals surface area contributed by atoms with Gasteiger partial charge in [0.25, 0.3) is 5.69 Å². The van der Waals surface area contributed by atoms with Crippen molar-refractivity contribution < 1.29 is 28.7 Å². The normalized spacial score (nSPS) is 10.8. The van der Waals surface area contributed by atoms with Crippen LogP contribution in [0.15, 0.2) is 48.2 Å². The standard InChI is InChI=1S/C19H17ClN2O7/c1-11-6-14(4-5-16(11)20)29-15-8-12(7-13(9-15)22(25)26)21-17(19(24)28-3)10-18(23)27-2/h4-10,21H,1-3H3/b17-10+. The second kappa shape index (κ2) is 9.56. The molecule has 2 aromatic rings. The first-order valence-electron chi connectivity index (χ1n) is 8.12. The molecule has 29 heavy (non-hydrogen) atoms. The van der Waals surface area contributed by atoms with Crippen molar-refractivity contribution in [2.24, 2.45) is 0 Å². The average molecular weight is 421 g/mol. The van der Waals surface area contributed by atoms with Crippen LogP contribution in [0.3, 0.4) is 0 Å². The molecule has 0 bridgehead atoms. The fourth-order valence-corrected chi connectivity index (χ4v) is 2.34. The van der Waals surface area contributed by atoms with Crippen LogP contribution in [0, 0.1) is 17.0 Å². The van der Waals surface area contributed by atoms with E-state index >= 15 is 0 Å². The van der Waals surface area contributed by atoms with Gasteiger partial charge in [-0.1, -0.05) is 11.6 Å². The van der Waals surface area contributed by atoms with Crippen molar-refractivity contribution in [3.63, 3.8) is 0 Å². The maximum atomic E-state index is 11.9. The Kier molecular flexibility index (Phi) is 7.15. The third-order valence-corrected chi connectivity index (χ3v) is 4.04. The first-order valence-corrected chi connectivity index (χ1v) is 8.49. The lowest BCUT2D eigenvalue weighted by Gasteiger charge is -2.12. The number of carbonyl (C=O) groups excluding carboxylic acids is 2. The summed E-state index contributed by atoms with van der Waals surface area (Å²) in [6.07, 6.45) is 0.869. The molecule has 152 valence electrons. The summed E-state index contributed by atoms with van der Waals surface area (Å²) in [5.41, 5.74) is 0.327. The second-order valence-electron chi connectivity index (χ2n) is 5.68. The van der Waals surface area contributed by atoms with Gasteiger partial charge in [0.2, 0.25) is 0 Å². The topological polar surface area (TPSA) is 117 Å². The van der Waals surface area contributed by atoms with E-state index in [4.69, 9.17) is 16.3 Å². The molecule has 0 aliphatic rings. The third kappa shape index (κ3) is 5.94. The van der Waals surface area contributed by atoms with Gasteiger partial charge in [-0.15, -0.1) is 0 Å². The van der Waals surface area contributed by atoms with Crippen LogP contribution in [0.5, 0.6) is 11.5 Å². The van der Waals surface area contributed by atoms with Crippen LogP contribution in [0.25, 0.3) is 0 Å². The van der Waals surface area contributed by atoms with E-state index in [0.29, 0.717) is 10.8 Å². The number of ether oxygens (including phenoxy) is 3.